The average Bonchev–Trinajstić information content (AvgIpc) is 2.92. The summed E-state index contributed by atoms with van der Waals surface area (Å²) in [5.41, 5.74) is 2.12. The predicted molar refractivity (Wildman–Crippen MR) is 142 cm³/mol. The van der Waals surface area contributed by atoms with Gasteiger partial charge in [-0.1, -0.05) is 17.9 Å². The molecule has 3 aromatic carbocycles. The molecular weight excluding hydrogens is 506 g/mol. The number of benzene rings is 3. The van der Waals surface area contributed by atoms with Crippen LogP contribution in [0.25, 0.3) is 0 Å². The first-order chi connectivity index (χ1) is 18.7. The third-order valence-corrected chi connectivity index (χ3v) is 5.83. The van der Waals surface area contributed by atoms with E-state index in [9.17, 15) is 28.3 Å². The van der Waals surface area contributed by atoms with Crippen molar-refractivity contribution in [1.82, 2.24) is 5.32 Å². The Morgan fingerprint density at radius 2 is 1.46 bits per heavy atom. The molecule has 0 aliphatic rings. The molecule has 0 saturated heterocycles. The van der Waals surface area contributed by atoms with Crippen LogP contribution in [-0.4, -0.2) is 46.6 Å². The highest BCUT2D eigenvalue weighted by Gasteiger charge is 2.25. The molecule has 0 heterocycles. The molecule has 0 aromatic heterocycles. The number of carbonyl (C=O) groups excluding carboxylic acids is 3. The lowest BCUT2D eigenvalue weighted by molar-refractivity contribution is -0.126. The topological polar surface area (TPSA) is 116 Å². The van der Waals surface area contributed by atoms with Crippen LogP contribution < -0.4 is 10.6 Å². The number of amides is 2. The number of ketones is 1. The number of aliphatic hydroxyl groups is 2. The fourth-order valence-electron chi connectivity index (χ4n) is 3.70. The van der Waals surface area contributed by atoms with Crippen LogP contribution in [0.4, 0.5) is 14.5 Å². The summed E-state index contributed by atoms with van der Waals surface area (Å²) < 4.78 is 27.4. The van der Waals surface area contributed by atoms with Gasteiger partial charge in [0.15, 0.2) is 5.78 Å². The molecule has 7 nitrogen and oxygen atoms in total. The van der Waals surface area contributed by atoms with Gasteiger partial charge in [0, 0.05) is 34.4 Å². The minimum atomic E-state index is -1.21. The molecule has 2 atom stereocenters. The summed E-state index contributed by atoms with van der Waals surface area (Å²) in [6.07, 6.45) is -0.621. The van der Waals surface area contributed by atoms with Crippen molar-refractivity contribution in [3.63, 3.8) is 0 Å². The highest BCUT2D eigenvalue weighted by Crippen LogP contribution is 2.16. The molecule has 0 unspecified atom stereocenters. The third kappa shape index (κ3) is 8.57. The number of hydrogen-bond acceptors (Lipinski definition) is 5. The van der Waals surface area contributed by atoms with Gasteiger partial charge >= 0.3 is 0 Å². The second-order valence-corrected chi connectivity index (χ2v) is 8.82. The van der Waals surface area contributed by atoms with Gasteiger partial charge in [-0.3, -0.25) is 14.4 Å². The molecule has 2 amide bonds. The van der Waals surface area contributed by atoms with Gasteiger partial charge in [-0.15, -0.1) is 0 Å². The van der Waals surface area contributed by atoms with Crippen LogP contribution in [0.15, 0.2) is 66.7 Å². The minimum absolute atomic E-state index is 0.0226. The van der Waals surface area contributed by atoms with Crippen LogP contribution in [0.1, 0.15) is 46.8 Å². The van der Waals surface area contributed by atoms with Crippen LogP contribution in [0, 0.1) is 23.5 Å². The monoisotopic (exact) mass is 534 g/mol. The van der Waals surface area contributed by atoms with Crippen molar-refractivity contribution in [2.45, 2.75) is 38.3 Å². The molecule has 0 aliphatic heterocycles. The highest BCUT2D eigenvalue weighted by molar-refractivity contribution is 5.98. The van der Waals surface area contributed by atoms with Crippen molar-refractivity contribution in [1.29, 1.82) is 0 Å². The largest absolute Gasteiger partial charge is 0.391 e. The van der Waals surface area contributed by atoms with Gasteiger partial charge in [0.25, 0.3) is 5.91 Å². The smallest absolute Gasteiger partial charge is 0.251 e. The number of nitrogens with one attached hydrogen (secondary N) is 2. The highest BCUT2D eigenvalue weighted by atomic mass is 19.1. The number of aliphatic hydroxyl groups excluding tert-OH is 2. The van der Waals surface area contributed by atoms with Gasteiger partial charge in [-0.25, -0.2) is 8.78 Å². The van der Waals surface area contributed by atoms with Crippen LogP contribution in [0.2, 0.25) is 0 Å². The van der Waals surface area contributed by atoms with E-state index < -0.39 is 42.1 Å². The van der Waals surface area contributed by atoms with Gasteiger partial charge < -0.3 is 20.8 Å². The number of hydrogen-bond donors (Lipinski definition) is 4. The molecule has 4 N–H and O–H groups in total. The molecule has 9 heteroatoms. The summed E-state index contributed by atoms with van der Waals surface area (Å²) in [7, 11) is 0. The van der Waals surface area contributed by atoms with Crippen molar-refractivity contribution in [2.75, 3.05) is 11.9 Å². The number of carbonyl (C=O) groups is 3. The maximum Gasteiger partial charge on any atom is 0.251 e. The first-order valence-corrected chi connectivity index (χ1v) is 12.3. The van der Waals surface area contributed by atoms with Crippen LogP contribution >= 0.6 is 0 Å². The average molecular weight is 535 g/mol. The molecule has 202 valence electrons. The van der Waals surface area contributed by atoms with Crippen LogP contribution in [0.3, 0.4) is 0 Å². The number of rotatable bonds is 10. The lowest BCUT2D eigenvalue weighted by Gasteiger charge is -2.19. The normalized spacial score (nSPS) is 12.0. The summed E-state index contributed by atoms with van der Waals surface area (Å²) in [6.45, 7) is 0.550. The van der Waals surface area contributed by atoms with Gasteiger partial charge in [0.05, 0.1) is 6.10 Å². The molecule has 0 aliphatic carbocycles. The summed E-state index contributed by atoms with van der Waals surface area (Å²) in [5, 5.41) is 23.8. The zero-order valence-electron chi connectivity index (χ0n) is 21.2. The fourth-order valence-corrected chi connectivity index (χ4v) is 3.70. The first-order valence-electron chi connectivity index (χ1n) is 12.3. The van der Waals surface area contributed by atoms with E-state index >= 15 is 0 Å². The van der Waals surface area contributed by atoms with Crippen molar-refractivity contribution in [2.24, 2.45) is 0 Å². The SMILES string of the molecule is C[C@@H](O)[C@H](NC(=O)c1ccc(C#Cc2ccc(NC(=O)CCCc3c(F)cccc3F)cc2)cc1)C(=O)CO. The Kier molecular flexibility index (Phi) is 10.4. The Morgan fingerprint density at radius 1 is 0.897 bits per heavy atom. The summed E-state index contributed by atoms with van der Waals surface area (Å²) in [4.78, 5) is 36.3. The second kappa shape index (κ2) is 14.0. The zero-order valence-corrected chi connectivity index (χ0v) is 21.2. The zero-order chi connectivity index (χ0) is 28.4. The Labute approximate surface area is 224 Å². The standard InChI is InChI=1S/C30H28F2N2O5/c1-19(36)29(27(37)18-35)34-30(39)22-14-10-20(11-15-22)8-9-21-12-16-23(17-13-21)33-28(38)7-2-4-24-25(31)5-3-6-26(24)32/h3,5-6,10-17,19,29,35-36H,2,4,7,18H2,1H3,(H,33,38)(H,34,39)/t19-,29+/m1/s1. The number of halogens is 2. The molecule has 3 aromatic rings. The minimum Gasteiger partial charge on any atom is -0.391 e. The van der Waals surface area contributed by atoms with E-state index in [-0.39, 0.29) is 29.9 Å². The fraction of sp³-hybridized carbons (Fsp3) is 0.233. The van der Waals surface area contributed by atoms with Gasteiger partial charge in [0.1, 0.15) is 24.3 Å². The molecule has 0 bridgehead atoms. The summed E-state index contributed by atoms with van der Waals surface area (Å²) >= 11 is 0. The van der Waals surface area contributed by atoms with Crippen molar-refractivity contribution >= 4 is 23.3 Å². The van der Waals surface area contributed by atoms with Crippen molar-refractivity contribution < 1.29 is 33.4 Å². The van der Waals surface area contributed by atoms with Crippen molar-refractivity contribution in [3.05, 3.63) is 101 Å². The molecule has 39 heavy (non-hydrogen) atoms. The van der Waals surface area contributed by atoms with E-state index in [0.29, 0.717) is 23.2 Å². The Bertz CT molecular complexity index is 1360. The Morgan fingerprint density at radius 3 is 2.00 bits per heavy atom. The van der Waals surface area contributed by atoms with Crippen LogP contribution in [0.5, 0.6) is 0 Å². The predicted octanol–water partition coefficient (Wildman–Crippen LogP) is 3.37. The molecule has 0 fully saturated rings. The Hall–Kier alpha value is -4.39. The second-order valence-electron chi connectivity index (χ2n) is 8.82. The van der Waals surface area contributed by atoms with Gasteiger partial charge in [-0.2, -0.15) is 0 Å². The summed E-state index contributed by atoms with van der Waals surface area (Å²) in [6, 6.07) is 15.6. The number of Topliss-reactive ketones (excluding diaryl/α,β-unsaturated/α-hetero) is 1. The van der Waals surface area contributed by atoms with Crippen LogP contribution in [-0.2, 0) is 16.0 Å². The lowest BCUT2D eigenvalue weighted by Crippen LogP contribution is -2.48. The molecule has 0 radical (unpaired) electrons. The van der Waals surface area contributed by atoms with E-state index in [1.54, 1.807) is 36.4 Å². The molecule has 0 saturated carbocycles. The molecular formula is C30H28F2N2O5. The molecule has 0 spiro atoms. The maximum atomic E-state index is 13.7. The van der Waals surface area contributed by atoms with E-state index in [2.05, 4.69) is 22.5 Å². The maximum absolute atomic E-state index is 13.7. The Balaban J connectivity index is 1.51. The third-order valence-electron chi connectivity index (χ3n) is 5.83. The van der Waals surface area contributed by atoms with E-state index in [1.807, 2.05) is 0 Å². The first kappa shape index (κ1) is 29.2. The lowest BCUT2D eigenvalue weighted by atomic mass is 10.1. The number of anilines is 1. The van der Waals surface area contributed by atoms with Crippen molar-refractivity contribution in [3.8, 4) is 11.8 Å². The van der Waals surface area contributed by atoms with E-state index in [0.717, 1.165) is 0 Å². The van der Waals surface area contributed by atoms with Gasteiger partial charge in [0.2, 0.25) is 5.91 Å². The summed E-state index contributed by atoms with van der Waals surface area (Å²) in [5.74, 6) is 3.18. The van der Waals surface area contributed by atoms with E-state index in [1.165, 1.54) is 37.3 Å². The van der Waals surface area contributed by atoms with Gasteiger partial charge in [-0.05, 0) is 80.4 Å². The molecule has 3 rings (SSSR count). The van der Waals surface area contributed by atoms with E-state index in [4.69, 9.17) is 5.11 Å². The quantitative estimate of drug-likeness (QED) is 0.298.